The van der Waals surface area contributed by atoms with Crippen LogP contribution in [0.25, 0.3) is 17.1 Å². The summed E-state index contributed by atoms with van der Waals surface area (Å²) in [5.74, 6) is 0.170. The number of thioether (sulfide) groups is 1. The minimum absolute atomic E-state index is 0.439. The van der Waals surface area contributed by atoms with E-state index in [1.54, 1.807) is 0 Å². The lowest BCUT2D eigenvalue weighted by Crippen LogP contribution is -2.19. The highest BCUT2D eigenvalue weighted by Gasteiger charge is 2.26. The number of halogens is 1. The molecule has 0 aliphatic rings. The summed E-state index contributed by atoms with van der Waals surface area (Å²) >= 11 is 7.77. The van der Waals surface area contributed by atoms with Gasteiger partial charge in [-0.1, -0.05) is 78.0 Å². The Hall–Kier alpha value is -3.09. The summed E-state index contributed by atoms with van der Waals surface area (Å²) in [6.07, 6.45) is 0. The van der Waals surface area contributed by atoms with E-state index in [1.807, 2.05) is 73.0 Å². The molecule has 156 valence electrons. The molecular formula is C24H21ClN4OS. The number of benzene rings is 3. The van der Waals surface area contributed by atoms with E-state index in [2.05, 4.69) is 28.4 Å². The van der Waals surface area contributed by atoms with Gasteiger partial charge in [-0.15, -0.1) is 10.2 Å². The summed E-state index contributed by atoms with van der Waals surface area (Å²) in [6.45, 7) is 4.06. The predicted octanol–water partition coefficient (Wildman–Crippen LogP) is 5.52. The smallest absolute Gasteiger partial charge is 0.235 e. The zero-order chi connectivity index (χ0) is 22.0. The first kappa shape index (κ1) is 21.2. The normalized spacial score (nSPS) is 12.0. The molecule has 1 atom stereocenters. The fraction of sp³-hybridized carbons (Fsp3) is 0.125. The van der Waals surface area contributed by atoms with Crippen molar-refractivity contribution in [1.82, 2.24) is 14.8 Å². The van der Waals surface area contributed by atoms with E-state index < -0.39 is 11.2 Å². The molecule has 0 spiro atoms. The lowest BCUT2D eigenvalue weighted by molar-refractivity contribution is -0.117. The number of primary amides is 1. The van der Waals surface area contributed by atoms with E-state index in [4.69, 9.17) is 17.3 Å². The van der Waals surface area contributed by atoms with Crippen LogP contribution in [0, 0.1) is 13.8 Å². The third-order valence-corrected chi connectivity index (χ3v) is 6.48. The van der Waals surface area contributed by atoms with Gasteiger partial charge in [0, 0.05) is 5.56 Å². The third-order valence-electron chi connectivity index (χ3n) is 4.94. The monoisotopic (exact) mass is 448 g/mol. The number of amides is 1. The van der Waals surface area contributed by atoms with Crippen molar-refractivity contribution >= 4 is 29.3 Å². The molecule has 0 saturated heterocycles. The minimum Gasteiger partial charge on any atom is -0.368 e. The molecule has 5 nitrogen and oxygen atoms in total. The Bertz CT molecular complexity index is 1240. The molecule has 1 aromatic heterocycles. The summed E-state index contributed by atoms with van der Waals surface area (Å²) < 4.78 is 1.95. The first-order valence-corrected chi connectivity index (χ1v) is 11.0. The number of carbonyl (C=O) groups excluding carboxylic acids is 1. The third kappa shape index (κ3) is 4.36. The second-order valence-electron chi connectivity index (χ2n) is 7.22. The molecule has 0 aliphatic heterocycles. The van der Waals surface area contributed by atoms with Crippen LogP contribution >= 0.6 is 23.4 Å². The van der Waals surface area contributed by atoms with Crippen molar-refractivity contribution in [3.8, 4) is 17.1 Å². The Morgan fingerprint density at radius 2 is 1.71 bits per heavy atom. The lowest BCUT2D eigenvalue weighted by Gasteiger charge is -2.17. The topological polar surface area (TPSA) is 73.8 Å². The SMILES string of the molecule is Cc1ccc(C)c(-n2c(SC(C(N)=O)c3ccccc3)nnc2-c2ccccc2Cl)c1. The molecule has 1 amide bonds. The average Bonchev–Trinajstić information content (AvgIpc) is 3.17. The Kier molecular flexibility index (Phi) is 6.11. The molecule has 4 aromatic rings. The molecule has 7 heteroatoms. The Morgan fingerprint density at radius 1 is 1.00 bits per heavy atom. The van der Waals surface area contributed by atoms with E-state index >= 15 is 0 Å². The van der Waals surface area contributed by atoms with Crippen LogP contribution in [0.3, 0.4) is 0 Å². The maximum absolute atomic E-state index is 12.3. The Morgan fingerprint density at radius 3 is 2.42 bits per heavy atom. The number of hydrogen-bond acceptors (Lipinski definition) is 4. The zero-order valence-electron chi connectivity index (χ0n) is 17.1. The molecule has 1 heterocycles. The van der Waals surface area contributed by atoms with Gasteiger partial charge in [0.25, 0.3) is 0 Å². The van der Waals surface area contributed by atoms with Gasteiger partial charge in [0.15, 0.2) is 11.0 Å². The van der Waals surface area contributed by atoms with Crippen molar-refractivity contribution < 1.29 is 4.79 Å². The van der Waals surface area contributed by atoms with Gasteiger partial charge in [0.05, 0.1) is 10.7 Å². The predicted molar refractivity (Wildman–Crippen MR) is 126 cm³/mol. The number of aryl methyl sites for hydroxylation is 2. The van der Waals surface area contributed by atoms with Crippen molar-refractivity contribution in [3.05, 3.63) is 94.5 Å². The zero-order valence-corrected chi connectivity index (χ0v) is 18.7. The van der Waals surface area contributed by atoms with Crippen molar-refractivity contribution in [3.63, 3.8) is 0 Å². The molecule has 3 aromatic carbocycles. The van der Waals surface area contributed by atoms with Crippen LogP contribution in [0.5, 0.6) is 0 Å². The van der Waals surface area contributed by atoms with Crippen LogP contribution in [0.2, 0.25) is 5.02 Å². The van der Waals surface area contributed by atoms with Crippen molar-refractivity contribution in [1.29, 1.82) is 0 Å². The highest BCUT2D eigenvalue weighted by molar-refractivity contribution is 8.00. The Balaban J connectivity index is 1.90. The largest absolute Gasteiger partial charge is 0.368 e. The average molecular weight is 449 g/mol. The van der Waals surface area contributed by atoms with Crippen LogP contribution in [-0.2, 0) is 4.79 Å². The van der Waals surface area contributed by atoms with Crippen LogP contribution < -0.4 is 5.73 Å². The maximum Gasteiger partial charge on any atom is 0.235 e. The second-order valence-corrected chi connectivity index (χ2v) is 8.70. The second kappa shape index (κ2) is 8.96. The molecule has 4 rings (SSSR count). The van der Waals surface area contributed by atoms with E-state index in [0.29, 0.717) is 16.0 Å². The minimum atomic E-state index is -0.603. The fourth-order valence-electron chi connectivity index (χ4n) is 3.36. The number of aromatic nitrogens is 3. The number of nitrogens with two attached hydrogens (primary N) is 1. The van der Waals surface area contributed by atoms with Gasteiger partial charge in [-0.05, 0) is 48.7 Å². The molecule has 0 radical (unpaired) electrons. The highest BCUT2D eigenvalue weighted by atomic mass is 35.5. The van der Waals surface area contributed by atoms with E-state index in [9.17, 15) is 4.79 Å². The molecule has 0 fully saturated rings. The number of nitrogens with zero attached hydrogens (tertiary/aromatic N) is 3. The van der Waals surface area contributed by atoms with Gasteiger partial charge < -0.3 is 5.73 Å². The van der Waals surface area contributed by atoms with Crippen LogP contribution in [0.4, 0.5) is 0 Å². The van der Waals surface area contributed by atoms with Crippen molar-refractivity contribution in [2.24, 2.45) is 5.73 Å². The summed E-state index contributed by atoms with van der Waals surface area (Å²) in [5.41, 5.74) is 10.4. The molecule has 31 heavy (non-hydrogen) atoms. The van der Waals surface area contributed by atoms with Crippen LogP contribution in [-0.4, -0.2) is 20.7 Å². The van der Waals surface area contributed by atoms with Crippen LogP contribution in [0.15, 0.2) is 78.0 Å². The highest BCUT2D eigenvalue weighted by Crippen LogP contribution is 2.39. The van der Waals surface area contributed by atoms with Gasteiger partial charge in [0.2, 0.25) is 5.91 Å². The number of carbonyl (C=O) groups is 1. The van der Waals surface area contributed by atoms with E-state index in [0.717, 1.165) is 27.9 Å². The summed E-state index contributed by atoms with van der Waals surface area (Å²) in [4.78, 5) is 12.3. The summed E-state index contributed by atoms with van der Waals surface area (Å²) in [6, 6.07) is 23.1. The van der Waals surface area contributed by atoms with Gasteiger partial charge >= 0.3 is 0 Å². The van der Waals surface area contributed by atoms with Gasteiger partial charge in [-0.2, -0.15) is 0 Å². The first-order chi connectivity index (χ1) is 15.0. The van der Waals surface area contributed by atoms with Crippen LogP contribution in [0.1, 0.15) is 21.9 Å². The lowest BCUT2D eigenvalue weighted by atomic mass is 10.1. The van der Waals surface area contributed by atoms with Crippen molar-refractivity contribution in [2.45, 2.75) is 24.3 Å². The molecule has 1 unspecified atom stereocenters. The molecule has 0 saturated carbocycles. The van der Waals surface area contributed by atoms with E-state index in [1.165, 1.54) is 11.8 Å². The molecule has 0 aliphatic carbocycles. The molecule has 2 N–H and O–H groups in total. The van der Waals surface area contributed by atoms with Gasteiger partial charge in [-0.25, -0.2) is 0 Å². The van der Waals surface area contributed by atoms with Gasteiger partial charge in [0.1, 0.15) is 5.25 Å². The molecular weight excluding hydrogens is 428 g/mol. The standard InChI is InChI=1S/C24H21ClN4OS/c1-15-12-13-16(2)20(14-15)29-23(18-10-6-7-11-19(18)25)27-28-24(29)31-21(22(26)30)17-8-4-3-5-9-17/h3-14,21H,1-2H3,(H2,26,30). The Labute approximate surface area is 190 Å². The van der Waals surface area contributed by atoms with Crippen molar-refractivity contribution in [2.75, 3.05) is 0 Å². The van der Waals surface area contributed by atoms with E-state index in [-0.39, 0.29) is 0 Å². The van der Waals surface area contributed by atoms with Gasteiger partial charge in [-0.3, -0.25) is 9.36 Å². The first-order valence-electron chi connectivity index (χ1n) is 9.74. The maximum atomic E-state index is 12.3. The summed E-state index contributed by atoms with van der Waals surface area (Å²) in [7, 11) is 0. The quantitative estimate of drug-likeness (QED) is 0.394. The summed E-state index contributed by atoms with van der Waals surface area (Å²) in [5, 5.41) is 9.43. The molecule has 0 bridgehead atoms. The fourth-order valence-corrected chi connectivity index (χ4v) is 4.58. The number of rotatable bonds is 6. The number of hydrogen-bond donors (Lipinski definition) is 1.